The van der Waals surface area contributed by atoms with Crippen LogP contribution in [-0.2, 0) is 4.74 Å². The van der Waals surface area contributed by atoms with E-state index in [1.807, 2.05) is 0 Å². The quantitative estimate of drug-likeness (QED) is 0.675. The molecule has 0 heterocycles. The number of carbonyl (C=O) groups is 1. The van der Waals surface area contributed by atoms with Crippen molar-refractivity contribution in [3.8, 4) is 0 Å². The predicted octanol–water partition coefficient (Wildman–Crippen LogP) is 2.07. The predicted molar refractivity (Wildman–Crippen MR) is 49.5 cm³/mol. The van der Waals surface area contributed by atoms with Crippen molar-refractivity contribution >= 4 is 6.09 Å². The van der Waals surface area contributed by atoms with E-state index in [0.29, 0.717) is 11.5 Å². The molecule has 0 bridgehead atoms. The summed E-state index contributed by atoms with van der Waals surface area (Å²) in [4.78, 5) is 10.9. The highest BCUT2D eigenvalue weighted by Gasteiger charge is 2.44. The van der Waals surface area contributed by atoms with Gasteiger partial charge in [-0.3, -0.25) is 0 Å². The number of carbonyl (C=O) groups excluding carboxylic acids is 1. The second kappa shape index (κ2) is 3.20. The van der Waals surface area contributed by atoms with Crippen LogP contribution in [0.3, 0.4) is 0 Å². The van der Waals surface area contributed by atoms with Crippen molar-refractivity contribution < 1.29 is 9.53 Å². The van der Waals surface area contributed by atoms with E-state index < -0.39 is 0 Å². The van der Waals surface area contributed by atoms with E-state index in [1.54, 1.807) is 0 Å². The van der Waals surface area contributed by atoms with Gasteiger partial charge in [-0.15, -0.1) is 0 Å². The number of hydrogen-bond acceptors (Lipinski definition) is 2. The van der Waals surface area contributed by atoms with E-state index >= 15 is 0 Å². The zero-order valence-electron chi connectivity index (χ0n) is 8.14. The molecular formula is C10H17NO2. The average molecular weight is 183 g/mol. The third-order valence-corrected chi connectivity index (χ3v) is 3.51. The fourth-order valence-corrected chi connectivity index (χ4v) is 2.28. The molecule has 0 atom stereocenters. The summed E-state index contributed by atoms with van der Waals surface area (Å²) in [6.07, 6.45) is 7.40. The lowest BCUT2D eigenvalue weighted by molar-refractivity contribution is 0.159. The zero-order valence-corrected chi connectivity index (χ0v) is 8.14. The summed E-state index contributed by atoms with van der Waals surface area (Å²) in [5.74, 6) is 0. The molecule has 2 rings (SSSR count). The molecule has 3 nitrogen and oxygen atoms in total. The highest BCUT2D eigenvalue weighted by molar-refractivity contribution is 5.67. The third kappa shape index (κ3) is 1.95. The van der Waals surface area contributed by atoms with Crippen LogP contribution < -0.4 is 5.32 Å². The van der Waals surface area contributed by atoms with E-state index in [1.165, 1.54) is 32.8 Å². The molecule has 0 unspecified atom stereocenters. The second-order valence-corrected chi connectivity index (χ2v) is 4.41. The lowest BCUT2D eigenvalue weighted by Gasteiger charge is -2.28. The largest absolute Gasteiger partial charge is 0.453 e. The highest BCUT2D eigenvalue weighted by Crippen LogP contribution is 2.56. The summed E-state index contributed by atoms with van der Waals surface area (Å²) in [5.41, 5.74) is 0.703. The maximum atomic E-state index is 10.9. The fourth-order valence-electron chi connectivity index (χ4n) is 2.28. The summed E-state index contributed by atoms with van der Waals surface area (Å²) >= 11 is 0. The van der Waals surface area contributed by atoms with Crippen LogP contribution in [0.25, 0.3) is 0 Å². The minimum absolute atomic E-state index is 0.281. The van der Waals surface area contributed by atoms with Gasteiger partial charge < -0.3 is 10.1 Å². The zero-order chi connectivity index (χ0) is 9.31. The smallest absolute Gasteiger partial charge is 0.407 e. The van der Waals surface area contributed by atoms with E-state index in [0.717, 1.165) is 12.8 Å². The van der Waals surface area contributed by atoms with E-state index in [2.05, 4.69) is 10.1 Å². The van der Waals surface area contributed by atoms with E-state index in [4.69, 9.17) is 0 Å². The first kappa shape index (κ1) is 8.85. The number of hydrogen-bond donors (Lipinski definition) is 1. The number of amides is 1. The van der Waals surface area contributed by atoms with Gasteiger partial charge in [0.25, 0.3) is 0 Å². The Labute approximate surface area is 78.8 Å². The molecule has 0 saturated heterocycles. The lowest BCUT2D eigenvalue weighted by atomic mass is 9.83. The van der Waals surface area contributed by atoms with Gasteiger partial charge in [0.1, 0.15) is 0 Å². The molecule has 1 N–H and O–H groups in total. The summed E-state index contributed by atoms with van der Waals surface area (Å²) in [7, 11) is 1.42. The standard InChI is InChI=1S/C10H17NO2/c1-13-9(12)11-8-2-4-10(5-3-8)6-7-10/h8H,2-7H2,1H3,(H,11,12). The molecule has 3 heteroatoms. The summed E-state index contributed by atoms with van der Waals surface area (Å²) < 4.78 is 4.57. The van der Waals surface area contributed by atoms with Gasteiger partial charge in [-0.25, -0.2) is 4.79 Å². The number of alkyl carbamates (subject to hydrolysis) is 1. The maximum absolute atomic E-state index is 10.9. The van der Waals surface area contributed by atoms with Gasteiger partial charge in [-0.05, 0) is 43.9 Å². The Bertz CT molecular complexity index is 201. The van der Waals surface area contributed by atoms with Crippen LogP contribution in [0.15, 0.2) is 0 Å². The molecule has 2 aliphatic carbocycles. The monoisotopic (exact) mass is 183 g/mol. The minimum atomic E-state index is -0.281. The Morgan fingerprint density at radius 2 is 1.92 bits per heavy atom. The second-order valence-electron chi connectivity index (χ2n) is 4.41. The molecule has 0 radical (unpaired) electrons. The maximum Gasteiger partial charge on any atom is 0.407 e. The van der Waals surface area contributed by atoms with Crippen molar-refractivity contribution in [3.05, 3.63) is 0 Å². The van der Waals surface area contributed by atoms with Gasteiger partial charge in [0.2, 0.25) is 0 Å². The summed E-state index contributed by atoms with van der Waals surface area (Å²) in [6, 6.07) is 0.360. The van der Waals surface area contributed by atoms with E-state index in [9.17, 15) is 4.79 Å². The molecule has 1 amide bonds. The molecular weight excluding hydrogens is 166 g/mol. The van der Waals surface area contributed by atoms with Crippen molar-refractivity contribution in [2.24, 2.45) is 5.41 Å². The van der Waals surface area contributed by atoms with Gasteiger partial charge in [0.05, 0.1) is 7.11 Å². The van der Waals surface area contributed by atoms with Crippen LogP contribution in [0.1, 0.15) is 38.5 Å². The number of rotatable bonds is 1. The van der Waals surface area contributed by atoms with Gasteiger partial charge in [0, 0.05) is 6.04 Å². The van der Waals surface area contributed by atoms with E-state index in [-0.39, 0.29) is 6.09 Å². The number of methoxy groups -OCH3 is 1. The Kier molecular flexibility index (Phi) is 2.18. The topological polar surface area (TPSA) is 38.3 Å². The van der Waals surface area contributed by atoms with Crippen molar-refractivity contribution in [1.29, 1.82) is 0 Å². The van der Waals surface area contributed by atoms with Crippen molar-refractivity contribution in [3.63, 3.8) is 0 Å². The summed E-state index contributed by atoms with van der Waals surface area (Å²) in [5, 5.41) is 2.87. The molecule has 1 spiro atoms. The molecule has 74 valence electrons. The molecule has 0 aromatic rings. The van der Waals surface area contributed by atoms with Crippen LogP contribution in [0.5, 0.6) is 0 Å². The van der Waals surface area contributed by atoms with Crippen LogP contribution in [0.2, 0.25) is 0 Å². The average Bonchev–Trinajstić information content (AvgIpc) is 2.90. The Morgan fingerprint density at radius 1 is 1.31 bits per heavy atom. The van der Waals surface area contributed by atoms with Crippen molar-refractivity contribution in [2.75, 3.05) is 7.11 Å². The first-order valence-electron chi connectivity index (χ1n) is 5.09. The molecule has 0 aromatic heterocycles. The van der Waals surface area contributed by atoms with Gasteiger partial charge in [-0.2, -0.15) is 0 Å². The minimum Gasteiger partial charge on any atom is -0.453 e. The molecule has 0 aliphatic heterocycles. The van der Waals surface area contributed by atoms with Crippen LogP contribution >= 0.6 is 0 Å². The van der Waals surface area contributed by atoms with Crippen LogP contribution in [0, 0.1) is 5.41 Å². The summed E-state index contributed by atoms with van der Waals surface area (Å²) in [6.45, 7) is 0. The number of ether oxygens (including phenoxy) is 1. The molecule has 2 aliphatic rings. The number of nitrogens with one attached hydrogen (secondary N) is 1. The van der Waals surface area contributed by atoms with Crippen molar-refractivity contribution in [2.45, 2.75) is 44.6 Å². The molecule has 2 saturated carbocycles. The molecule has 13 heavy (non-hydrogen) atoms. The fraction of sp³-hybridized carbons (Fsp3) is 0.900. The van der Waals surface area contributed by atoms with Gasteiger partial charge in [0.15, 0.2) is 0 Å². The molecule has 2 fully saturated rings. The SMILES string of the molecule is COC(=O)NC1CCC2(CC1)CC2. The Hall–Kier alpha value is -0.730. The first-order chi connectivity index (χ1) is 6.24. The normalized spacial score (nSPS) is 25.6. The Balaban J connectivity index is 1.74. The third-order valence-electron chi connectivity index (χ3n) is 3.51. The van der Waals surface area contributed by atoms with Gasteiger partial charge >= 0.3 is 6.09 Å². The highest BCUT2D eigenvalue weighted by atomic mass is 16.5. The Morgan fingerprint density at radius 3 is 2.38 bits per heavy atom. The van der Waals surface area contributed by atoms with Crippen LogP contribution in [0.4, 0.5) is 4.79 Å². The van der Waals surface area contributed by atoms with Gasteiger partial charge in [-0.1, -0.05) is 0 Å². The lowest BCUT2D eigenvalue weighted by Crippen LogP contribution is -2.37. The van der Waals surface area contributed by atoms with Crippen molar-refractivity contribution in [1.82, 2.24) is 5.32 Å². The molecule has 0 aromatic carbocycles. The first-order valence-corrected chi connectivity index (χ1v) is 5.09. The van der Waals surface area contributed by atoms with Crippen LogP contribution in [-0.4, -0.2) is 19.2 Å².